The Morgan fingerprint density at radius 2 is 1.65 bits per heavy atom. The molecule has 1 saturated heterocycles. The van der Waals surface area contributed by atoms with Gasteiger partial charge in [0.15, 0.2) is 0 Å². The van der Waals surface area contributed by atoms with Gasteiger partial charge in [-0.05, 0) is 96.1 Å². The molecular formula is C41H41Cl2N5O5S2. The van der Waals surface area contributed by atoms with Crippen LogP contribution in [-0.4, -0.2) is 62.1 Å². The van der Waals surface area contributed by atoms with Crippen molar-refractivity contribution in [2.45, 2.75) is 41.6 Å². The Labute approximate surface area is 336 Å². The number of nitrogens with one attached hydrogen (secondary N) is 2. The molecule has 2 heterocycles. The SMILES string of the molecule is Cl.O=C(NS(=O)(=O)c1ccc(NCCSc2ccccc2)c([N+](=O)[O-])c1)c1ccc2c(c1)CC[C@H]1CN(Cc3ccccc3Cc3ccc(Cl)cc3)CCN21. The lowest BCUT2D eigenvalue weighted by Gasteiger charge is -2.46. The van der Waals surface area contributed by atoms with Gasteiger partial charge in [0.25, 0.3) is 21.6 Å². The van der Waals surface area contributed by atoms with Crippen molar-refractivity contribution in [3.05, 3.63) is 158 Å². The molecular weight excluding hydrogens is 778 g/mol. The molecule has 14 heteroatoms. The standard InChI is InChI=1S/C41H40ClN5O5S2.ClH/c42-34-14-10-29(11-15-34)24-30-6-4-5-7-33(30)27-45-21-22-46-35(28-45)16-12-31-25-32(13-19-39(31)46)41(48)44-54(51,52)37-17-18-38(40(26-37)47(49)50)43-20-23-53-36-8-2-1-3-9-36;/h1-11,13-15,17-19,25-26,35,43H,12,16,20-24,27-28H2,(H,44,48);1H/t35-;/m0./s1. The highest BCUT2D eigenvalue weighted by molar-refractivity contribution is 7.99. The summed E-state index contributed by atoms with van der Waals surface area (Å²) in [5.41, 5.74) is 5.94. The highest BCUT2D eigenvalue weighted by Gasteiger charge is 2.32. The van der Waals surface area contributed by atoms with E-state index in [4.69, 9.17) is 11.6 Å². The molecule has 7 rings (SSSR count). The second-order valence-electron chi connectivity index (χ2n) is 13.5. The van der Waals surface area contributed by atoms with Crippen LogP contribution in [0.2, 0.25) is 5.02 Å². The maximum absolute atomic E-state index is 13.3. The number of benzene rings is 5. The summed E-state index contributed by atoms with van der Waals surface area (Å²) in [4.78, 5) is 30.2. The molecule has 2 aliphatic heterocycles. The second kappa shape index (κ2) is 17.9. The molecule has 0 aromatic heterocycles. The molecule has 1 atom stereocenters. The van der Waals surface area contributed by atoms with Crippen molar-refractivity contribution >= 4 is 68.8 Å². The van der Waals surface area contributed by atoms with E-state index in [9.17, 15) is 23.3 Å². The minimum Gasteiger partial charge on any atom is -0.379 e. The number of halogens is 2. The van der Waals surface area contributed by atoms with Gasteiger partial charge in [0.05, 0.1) is 9.82 Å². The number of hydrogen-bond donors (Lipinski definition) is 2. The maximum Gasteiger partial charge on any atom is 0.293 e. The van der Waals surface area contributed by atoms with Crippen LogP contribution in [-0.2, 0) is 29.4 Å². The van der Waals surface area contributed by atoms with E-state index >= 15 is 0 Å². The first-order chi connectivity index (χ1) is 26.1. The van der Waals surface area contributed by atoms with Gasteiger partial charge in [-0.2, -0.15) is 0 Å². The van der Waals surface area contributed by atoms with Gasteiger partial charge in [-0.15, -0.1) is 24.2 Å². The maximum atomic E-state index is 13.3. The van der Waals surface area contributed by atoms with E-state index in [0.717, 1.165) is 72.7 Å². The molecule has 0 spiro atoms. The Bertz CT molecular complexity index is 2260. The van der Waals surface area contributed by atoms with Crippen LogP contribution in [0.15, 0.2) is 125 Å². The summed E-state index contributed by atoms with van der Waals surface area (Å²) in [5, 5.41) is 15.6. The topological polar surface area (TPSA) is 125 Å². The number of carbonyl (C=O) groups excluding carboxylic acids is 1. The van der Waals surface area contributed by atoms with E-state index in [2.05, 4.69) is 56.2 Å². The summed E-state index contributed by atoms with van der Waals surface area (Å²) < 4.78 is 28.7. The number of carbonyl (C=O) groups is 1. The monoisotopic (exact) mass is 817 g/mol. The highest BCUT2D eigenvalue weighted by Crippen LogP contribution is 2.34. The number of thioether (sulfide) groups is 1. The Morgan fingerprint density at radius 3 is 2.42 bits per heavy atom. The van der Waals surface area contributed by atoms with Crippen molar-refractivity contribution in [2.24, 2.45) is 0 Å². The second-order valence-corrected chi connectivity index (χ2v) is 16.8. The number of hydrogen-bond acceptors (Lipinski definition) is 9. The molecule has 286 valence electrons. The van der Waals surface area contributed by atoms with Gasteiger partial charge < -0.3 is 10.2 Å². The molecule has 0 aliphatic carbocycles. The van der Waals surface area contributed by atoms with Crippen LogP contribution in [0.1, 0.15) is 39.0 Å². The molecule has 1 amide bonds. The lowest BCUT2D eigenvalue weighted by molar-refractivity contribution is -0.384. The Morgan fingerprint density at radius 1 is 0.909 bits per heavy atom. The van der Waals surface area contributed by atoms with Crippen LogP contribution in [0.3, 0.4) is 0 Å². The minimum absolute atomic E-state index is 0. The Kier molecular flexibility index (Phi) is 13.1. The summed E-state index contributed by atoms with van der Waals surface area (Å²) in [6, 6.07) is 35.6. The third-order valence-electron chi connectivity index (χ3n) is 9.92. The van der Waals surface area contributed by atoms with E-state index in [0.29, 0.717) is 18.3 Å². The Hall–Kier alpha value is -4.59. The van der Waals surface area contributed by atoms with Crippen molar-refractivity contribution in [3.63, 3.8) is 0 Å². The zero-order valence-electron chi connectivity index (χ0n) is 29.9. The molecule has 0 unspecified atom stereocenters. The number of nitro benzene ring substituents is 1. The summed E-state index contributed by atoms with van der Waals surface area (Å²) in [7, 11) is -4.39. The van der Waals surface area contributed by atoms with E-state index in [-0.39, 0.29) is 34.2 Å². The lowest BCUT2D eigenvalue weighted by Crippen LogP contribution is -2.54. The summed E-state index contributed by atoms with van der Waals surface area (Å²) >= 11 is 7.70. The average Bonchev–Trinajstić information content (AvgIpc) is 3.18. The number of sulfonamides is 1. The number of rotatable bonds is 13. The predicted octanol–water partition coefficient (Wildman–Crippen LogP) is 8.22. The molecule has 2 aliphatic rings. The summed E-state index contributed by atoms with van der Waals surface area (Å²) in [6.45, 7) is 3.94. The summed E-state index contributed by atoms with van der Waals surface area (Å²) in [6.07, 6.45) is 2.52. The first kappa shape index (κ1) is 40.1. The van der Waals surface area contributed by atoms with Crippen LogP contribution < -0.4 is 14.9 Å². The third-order valence-corrected chi connectivity index (χ3v) is 12.5. The summed E-state index contributed by atoms with van der Waals surface area (Å²) in [5.74, 6) is -0.138. The van der Waals surface area contributed by atoms with Gasteiger partial charge in [0.1, 0.15) is 5.69 Å². The largest absolute Gasteiger partial charge is 0.379 e. The van der Waals surface area contributed by atoms with E-state index in [1.54, 1.807) is 23.9 Å². The predicted molar refractivity (Wildman–Crippen MR) is 223 cm³/mol. The van der Waals surface area contributed by atoms with Gasteiger partial charge in [0.2, 0.25) is 0 Å². The molecule has 2 N–H and O–H groups in total. The molecule has 5 aromatic rings. The minimum atomic E-state index is -4.39. The number of fused-ring (bicyclic) bond motifs is 3. The normalized spacial score (nSPS) is 15.3. The fourth-order valence-electron chi connectivity index (χ4n) is 7.19. The molecule has 0 bridgehead atoms. The number of nitrogens with zero attached hydrogens (tertiary/aromatic N) is 3. The molecule has 0 saturated carbocycles. The molecule has 55 heavy (non-hydrogen) atoms. The van der Waals surface area contributed by atoms with Crippen LogP contribution in [0.4, 0.5) is 17.1 Å². The van der Waals surface area contributed by atoms with Crippen molar-refractivity contribution in [1.82, 2.24) is 9.62 Å². The number of piperazine rings is 1. The number of aryl methyl sites for hydroxylation is 1. The van der Waals surface area contributed by atoms with Crippen LogP contribution in [0.25, 0.3) is 0 Å². The van der Waals surface area contributed by atoms with Crippen molar-refractivity contribution in [2.75, 3.05) is 42.1 Å². The van der Waals surface area contributed by atoms with Gasteiger partial charge in [-0.3, -0.25) is 19.8 Å². The van der Waals surface area contributed by atoms with Gasteiger partial charge in [-0.25, -0.2) is 13.1 Å². The lowest BCUT2D eigenvalue weighted by atomic mass is 9.92. The smallest absolute Gasteiger partial charge is 0.293 e. The van der Waals surface area contributed by atoms with E-state index in [1.807, 2.05) is 48.5 Å². The zero-order valence-corrected chi connectivity index (χ0v) is 33.1. The van der Waals surface area contributed by atoms with Crippen molar-refractivity contribution in [3.8, 4) is 0 Å². The Balaban J connectivity index is 0.00000514. The van der Waals surface area contributed by atoms with Crippen LogP contribution in [0.5, 0.6) is 0 Å². The van der Waals surface area contributed by atoms with Crippen LogP contribution >= 0.6 is 35.8 Å². The highest BCUT2D eigenvalue weighted by atomic mass is 35.5. The number of nitro groups is 1. The van der Waals surface area contributed by atoms with Gasteiger partial charge >= 0.3 is 0 Å². The average molecular weight is 819 g/mol. The van der Waals surface area contributed by atoms with Gasteiger partial charge in [-0.1, -0.05) is 66.2 Å². The van der Waals surface area contributed by atoms with Crippen LogP contribution in [0, 0.1) is 10.1 Å². The van der Waals surface area contributed by atoms with E-state index in [1.165, 1.54) is 28.8 Å². The molecule has 10 nitrogen and oxygen atoms in total. The number of anilines is 2. The first-order valence-electron chi connectivity index (χ1n) is 17.8. The van der Waals surface area contributed by atoms with Crippen molar-refractivity contribution in [1.29, 1.82) is 0 Å². The molecule has 0 radical (unpaired) electrons. The zero-order chi connectivity index (χ0) is 37.7. The van der Waals surface area contributed by atoms with E-state index < -0.39 is 20.9 Å². The molecule has 1 fully saturated rings. The number of amides is 1. The van der Waals surface area contributed by atoms with Crippen molar-refractivity contribution < 1.29 is 18.1 Å². The van der Waals surface area contributed by atoms with Gasteiger partial charge in [0, 0.05) is 71.8 Å². The third kappa shape index (κ3) is 9.81. The first-order valence-corrected chi connectivity index (χ1v) is 20.7. The molecule has 5 aromatic carbocycles. The quantitative estimate of drug-likeness (QED) is 0.0524. The fraction of sp³-hybridized carbons (Fsp3) is 0.244. The fourth-order valence-corrected chi connectivity index (χ4v) is 9.10.